The van der Waals surface area contributed by atoms with Crippen LogP contribution in [-0.4, -0.2) is 13.1 Å². The van der Waals surface area contributed by atoms with Gasteiger partial charge in [-0.15, -0.1) is 0 Å². The molecule has 1 heterocycles. The lowest BCUT2D eigenvalue weighted by molar-refractivity contribution is 0.296. The summed E-state index contributed by atoms with van der Waals surface area (Å²) in [4.78, 5) is 0. The Morgan fingerprint density at radius 2 is 2.06 bits per heavy atom. The van der Waals surface area contributed by atoms with Gasteiger partial charge in [-0.3, -0.25) is 0 Å². The van der Waals surface area contributed by atoms with Gasteiger partial charge < -0.3 is 5.32 Å². The second-order valence-electron chi connectivity index (χ2n) is 5.37. The first-order valence-corrected chi connectivity index (χ1v) is 6.60. The fraction of sp³-hybridized carbons (Fsp3) is 0.571. The molecule has 0 saturated carbocycles. The highest BCUT2D eigenvalue weighted by Crippen LogP contribution is 2.51. The third-order valence-corrected chi connectivity index (χ3v) is 4.61. The zero-order valence-corrected chi connectivity index (χ0v) is 10.5. The van der Waals surface area contributed by atoms with E-state index in [4.69, 9.17) is 11.6 Å². The Balaban J connectivity index is 2.07. The Hall–Kier alpha value is -0.530. The van der Waals surface area contributed by atoms with Crippen LogP contribution in [0.5, 0.6) is 0 Å². The minimum atomic E-state index is 0.449. The Morgan fingerprint density at radius 3 is 2.81 bits per heavy atom. The zero-order chi connectivity index (χ0) is 11.2. The predicted octanol–water partition coefficient (Wildman–Crippen LogP) is 3.47. The van der Waals surface area contributed by atoms with Crippen molar-refractivity contribution in [3.63, 3.8) is 0 Å². The van der Waals surface area contributed by atoms with Gasteiger partial charge >= 0.3 is 0 Å². The van der Waals surface area contributed by atoms with Crippen molar-refractivity contribution < 1.29 is 0 Å². The molecule has 0 aromatic heterocycles. The quantitative estimate of drug-likeness (QED) is 0.726. The van der Waals surface area contributed by atoms with E-state index in [0.717, 1.165) is 18.1 Å². The van der Waals surface area contributed by atoms with Gasteiger partial charge in [-0.25, -0.2) is 0 Å². The number of fused-ring (bicyclic) bond motifs is 2. The van der Waals surface area contributed by atoms with E-state index >= 15 is 0 Å². The summed E-state index contributed by atoms with van der Waals surface area (Å²) in [5, 5.41) is 4.35. The first-order valence-electron chi connectivity index (χ1n) is 6.22. The maximum atomic E-state index is 6.10. The third kappa shape index (κ3) is 1.49. The number of benzene rings is 1. The van der Waals surface area contributed by atoms with E-state index < -0.39 is 0 Å². The topological polar surface area (TPSA) is 12.0 Å². The van der Waals surface area contributed by atoms with Crippen molar-refractivity contribution in [2.45, 2.75) is 37.5 Å². The number of rotatable bonds is 0. The molecule has 1 aromatic rings. The molecule has 86 valence electrons. The molecule has 1 aliphatic heterocycles. The van der Waals surface area contributed by atoms with Crippen molar-refractivity contribution in [2.75, 3.05) is 13.1 Å². The van der Waals surface area contributed by atoms with E-state index in [0.29, 0.717) is 11.3 Å². The first kappa shape index (κ1) is 10.6. The minimum Gasteiger partial charge on any atom is -0.317 e. The van der Waals surface area contributed by atoms with Gasteiger partial charge in [-0.05, 0) is 66.9 Å². The zero-order valence-electron chi connectivity index (χ0n) is 9.72. The Morgan fingerprint density at radius 1 is 1.31 bits per heavy atom. The number of hydrogen-bond donors (Lipinski definition) is 1. The average molecular weight is 236 g/mol. The fourth-order valence-electron chi connectivity index (χ4n) is 3.61. The molecular formula is C14H18ClN. The van der Waals surface area contributed by atoms with E-state index in [9.17, 15) is 0 Å². The molecule has 2 aliphatic rings. The summed E-state index contributed by atoms with van der Waals surface area (Å²) in [7, 11) is 0. The summed E-state index contributed by atoms with van der Waals surface area (Å²) in [6, 6.07) is 6.51. The predicted molar refractivity (Wildman–Crippen MR) is 68.3 cm³/mol. The summed E-state index contributed by atoms with van der Waals surface area (Å²) in [6.07, 6.45) is 3.88. The van der Waals surface area contributed by atoms with Gasteiger partial charge in [-0.2, -0.15) is 0 Å². The lowest BCUT2D eigenvalue weighted by Crippen LogP contribution is -2.38. The van der Waals surface area contributed by atoms with E-state index in [-0.39, 0.29) is 0 Å². The first-order chi connectivity index (χ1) is 7.71. The molecule has 0 bridgehead atoms. The molecule has 0 amide bonds. The molecule has 1 aliphatic carbocycles. The van der Waals surface area contributed by atoms with Crippen molar-refractivity contribution in [1.82, 2.24) is 5.32 Å². The average Bonchev–Trinajstić information content (AvgIpc) is 2.53. The Labute approximate surface area is 102 Å². The summed E-state index contributed by atoms with van der Waals surface area (Å²) in [5.74, 6) is 0.673. The van der Waals surface area contributed by atoms with Crippen LogP contribution >= 0.6 is 11.6 Å². The summed E-state index contributed by atoms with van der Waals surface area (Å²) in [6.45, 7) is 4.66. The standard InChI is InChI=1S/C14H18ClN/c1-10-9-14(4-6-16-7-5-14)13-3-2-11(15)8-12(10)13/h2-3,8,10,16H,4-7,9H2,1H3. The van der Waals surface area contributed by atoms with Crippen LogP contribution in [0, 0.1) is 0 Å². The number of halogens is 1. The van der Waals surface area contributed by atoms with Gasteiger partial charge in [0.15, 0.2) is 0 Å². The molecule has 0 radical (unpaired) electrons. The normalized spacial score (nSPS) is 27.0. The van der Waals surface area contributed by atoms with Crippen LogP contribution in [-0.2, 0) is 5.41 Å². The lowest BCUT2D eigenvalue weighted by Gasteiger charge is -2.35. The third-order valence-electron chi connectivity index (χ3n) is 4.37. The van der Waals surface area contributed by atoms with E-state index in [2.05, 4.69) is 30.4 Å². The van der Waals surface area contributed by atoms with Crippen LogP contribution in [0.15, 0.2) is 18.2 Å². The maximum Gasteiger partial charge on any atom is 0.0409 e. The monoisotopic (exact) mass is 235 g/mol. The van der Waals surface area contributed by atoms with Crippen LogP contribution in [0.3, 0.4) is 0 Å². The summed E-state index contributed by atoms with van der Waals surface area (Å²) in [5.41, 5.74) is 3.52. The lowest BCUT2D eigenvalue weighted by atomic mass is 9.74. The van der Waals surface area contributed by atoms with Crippen LogP contribution in [0.1, 0.15) is 43.2 Å². The molecule has 2 heteroatoms. The molecule has 1 spiro atoms. The highest BCUT2D eigenvalue weighted by molar-refractivity contribution is 6.30. The van der Waals surface area contributed by atoms with Crippen LogP contribution in [0.25, 0.3) is 0 Å². The molecule has 1 nitrogen and oxygen atoms in total. The Bertz CT molecular complexity index is 407. The van der Waals surface area contributed by atoms with E-state index in [1.807, 2.05) is 0 Å². The number of nitrogens with one attached hydrogen (secondary N) is 1. The maximum absolute atomic E-state index is 6.10. The Kier molecular flexibility index (Phi) is 2.49. The number of hydrogen-bond acceptors (Lipinski definition) is 1. The minimum absolute atomic E-state index is 0.449. The molecule has 1 unspecified atom stereocenters. The van der Waals surface area contributed by atoms with Crippen molar-refractivity contribution in [1.29, 1.82) is 0 Å². The van der Waals surface area contributed by atoms with E-state index in [1.165, 1.54) is 24.8 Å². The highest BCUT2D eigenvalue weighted by Gasteiger charge is 2.42. The molecular weight excluding hydrogens is 218 g/mol. The van der Waals surface area contributed by atoms with Gasteiger partial charge in [0.2, 0.25) is 0 Å². The smallest absolute Gasteiger partial charge is 0.0409 e. The second-order valence-corrected chi connectivity index (χ2v) is 5.80. The van der Waals surface area contributed by atoms with Crippen molar-refractivity contribution in [3.05, 3.63) is 34.3 Å². The SMILES string of the molecule is CC1CC2(CCNCC2)c2ccc(Cl)cc21. The summed E-state index contributed by atoms with van der Waals surface area (Å²) >= 11 is 6.10. The molecule has 16 heavy (non-hydrogen) atoms. The molecule has 1 fully saturated rings. The highest BCUT2D eigenvalue weighted by atomic mass is 35.5. The fourth-order valence-corrected chi connectivity index (χ4v) is 3.79. The van der Waals surface area contributed by atoms with Crippen molar-refractivity contribution >= 4 is 11.6 Å². The van der Waals surface area contributed by atoms with E-state index in [1.54, 1.807) is 5.56 Å². The van der Waals surface area contributed by atoms with Crippen LogP contribution in [0.2, 0.25) is 5.02 Å². The molecule has 1 N–H and O–H groups in total. The molecule has 1 aromatic carbocycles. The van der Waals surface area contributed by atoms with Gasteiger partial charge in [0.25, 0.3) is 0 Å². The molecule has 1 atom stereocenters. The van der Waals surface area contributed by atoms with Crippen LogP contribution < -0.4 is 5.32 Å². The summed E-state index contributed by atoms with van der Waals surface area (Å²) < 4.78 is 0. The van der Waals surface area contributed by atoms with Gasteiger partial charge in [0.05, 0.1) is 0 Å². The number of piperidine rings is 1. The largest absolute Gasteiger partial charge is 0.317 e. The van der Waals surface area contributed by atoms with Gasteiger partial charge in [0, 0.05) is 5.02 Å². The molecule has 3 rings (SSSR count). The second kappa shape index (κ2) is 3.75. The molecule has 1 saturated heterocycles. The van der Waals surface area contributed by atoms with Crippen molar-refractivity contribution in [2.24, 2.45) is 0 Å². The van der Waals surface area contributed by atoms with Crippen molar-refractivity contribution in [3.8, 4) is 0 Å². The van der Waals surface area contributed by atoms with Crippen LogP contribution in [0.4, 0.5) is 0 Å². The van der Waals surface area contributed by atoms with Gasteiger partial charge in [0.1, 0.15) is 0 Å². The van der Waals surface area contributed by atoms with Gasteiger partial charge in [-0.1, -0.05) is 24.6 Å².